The minimum absolute atomic E-state index is 0.0174. The van der Waals surface area contributed by atoms with Gasteiger partial charge in [0.15, 0.2) is 0 Å². The molecule has 0 radical (unpaired) electrons. The third kappa shape index (κ3) is 3.23. The number of benzene rings is 2. The zero-order chi connectivity index (χ0) is 18.1. The number of aromatic nitrogens is 1. The van der Waals surface area contributed by atoms with E-state index in [1.54, 1.807) is 30.1 Å². The molecule has 0 bridgehead atoms. The summed E-state index contributed by atoms with van der Waals surface area (Å²) in [5.41, 5.74) is 2.86. The summed E-state index contributed by atoms with van der Waals surface area (Å²) in [5.74, 6) is -1.30. The number of carboxylic acids is 1. The number of amides is 1. The van der Waals surface area contributed by atoms with Gasteiger partial charge in [0.05, 0.1) is 6.42 Å². The molecule has 1 amide bonds. The van der Waals surface area contributed by atoms with Crippen molar-refractivity contribution in [2.24, 2.45) is 0 Å². The van der Waals surface area contributed by atoms with Gasteiger partial charge in [0.1, 0.15) is 5.69 Å². The van der Waals surface area contributed by atoms with Crippen molar-refractivity contribution >= 4 is 40.1 Å². The highest BCUT2D eigenvalue weighted by molar-refractivity contribution is 6.31. The molecule has 2 N–H and O–H groups in total. The lowest BCUT2D eigenvalue weighted by Gasteiger charge is -2.19. The number of para-hydroxylation sites is 1. The van der Waals surface area contributed by atoms with Gasteiger partial charge in [0, 0.05) is 34.2 Å². The van der Waals surface area contributed by atoms with E-state index in [-0.39, 0.29) is 18.0 Å². The number of nitrogens with one attached hydrogen (secondary N) is 1. The van der Waals surface area contributed by atoms with E-state index >= 15 is 0 Å². The predicted octanol–water partition coefficient (Wildman–Crippen LogP) is 4.03. The van der Waals surface area contributed by atoms with Crippen LogP contribution in [0.15, 0.2) is 42.5 Å². The molecule has 0 unspecified atom stereocenters. The number of likely N-dealkylation sites (N-methyl/N-ethyl adjacent to an activating group) is 1. The van der Waals surface area contributed by atoms with Crippen LogP contribution >= 0.6 is 11.6 Å². The van der Waals surface area contributed by atoms with E-state index in [4.69, 9.17) is 11.6 Å². The molecule has 0 saturated heterocycles. The molecule has 0 aliphatic rings. The lowest BCUT2D eigenvalue weighted by Crippen LogP contribution is -2.28. The quantitative estimate of drug-likeness (QED) is 0.741. The number of aromatic carboxylic acids is 1. The number of aryl methyl sites for hydroxylation is 1. The van der Waals surface area contributed by atoms with Crippen LogP contribution in [0.1, 0.15) is 21.6 Å². The van der Waals surface area contributed by atoms with Crippen LogP contribution in [0.5, 0.6) is 0 Å². The molecule has 0 aliphatic carbocycles. The fraction of sp³-hybridized carbons (Fsp3) is 0.158. The summed E-state index contributed by atoms with van der Waals surface area (Å²) in [6.45, 7) is 1.92. The summed E-state index contributed by atoms with van der Waals surface area (Å²) in [5, 5.41) is 10.6. The van der Waals surface area contributed by atoms with E-state index in [9.17, 15) is 14.7 Å². The second-order valence-electron chi connectivity index (χ2n) is 5.89. The van der Waals surface area contributed by atoms with Gasteiger partial charge in [-0.05, 0) is 36.8 Å². The lowest BCUT2D eigenvalue weighted by molar-refractivity contribution is -0.117. The molecule has 3 rings (SSSR count). The third-order valence-corrected chi connectivity index (χ3v) is 4.50. The Bertz CT molecular complexity index is 978. The molecule has 128 valence electrons. The monoisotopic (exact) mass is 356 g/mol. The number of nitrogens with zero attached hydrogens (tertiary/aromatic N) is 1. The van der Waals surface area contributed by atoms with Crippen molar-refractivity contribution in [3.8, 4) is 0 Å². The Morgan fingerprint density at radius 1 is 1.20 bits per heavy atom. The van der Waals surface area contributed by atoms with E-state index in [0.717, 1.165) is 11.3 Å². The predicted molar refractivity (Wildman–Crippen MR) is 98.6 cm³/mol. The first-order chi connectivity index (χ1) is 11.9. The number of carbonyl (C=O) groups is 2. The Kier molecular flexibility index (Phi) is 4.51. The van der Waals surface area contributed by atoms with Gasteiger partial charge in [-0.2, -0.15) is 0 Å². The standard InChI is InChI=1S/C19H17ClN2O3/c1-11-5-3-4-6-16(11)22(2)17(23)10-14-13-9-12(20)7-8-15(13)21-18(14)19(24)25/h3-9,21H,10H2,1-2H3,(H,24,25). The summed E-state index contributed by atoms with van der Waals surface area (Å²) >= 11 is 6.04. The summed E-state index contributed by atoms with van der Waals surface area (Å²) in [6.07, 6.45) is -0.0349. The normalized spacial score (nSPS) is 10.8. The average Bonchev–Trinajstić information content (AvgIpc) is 2.93. The summed E-state index contributed by atoms with van der Waals surface area (Å²) in [6, 6.07) is 12.6. The largest absolute Gasteiger partial charge is 0.477 e. The summed E-state index contributed by atoms with van der Waals surface area (Å²) in [7, 11) is 1.69. The number of hydrogen-bond donors (Lipinski definition) is 2. The van der Waals surface area contributed by atoms with Gasteiger partial charge in [-0.1, -0.05) is 29.8 Å². The molecule has 0 saturated carbocycles. The zero-order valence-corrected chi connectivity index (χ0v) is 14.6. The molecule has 5 nitrogen and oxygen atoms in total. The highest BCUT2D eigenvalue weighted by Gasteiger charge is 2.22. The first kappa shape index (κ1) is 17.0. The fourth-order valence-corrected chi connectivity index (χ4v) is 3.10. The number of aromatic amines is 1. The third-order valence-electron chi connectivity index (χ3n) is 4.26. The van der Waals surface area contributed by atoms with E-state index in [1.807, 2.05) is 31.2 Å². The SMILES string of the molecule is Cc1ccccc1N(C)C(=O)Cc1c(C(=O)O)[nH]c2ccc(Cl)cc12. The van der Waals surface area contributed by atoms with Crippen molar-refractivity contribution in [3.63, 3.8) is 0 Å². The van der Waals surface area contributed by atoms with Gasteiger partial charge in [-0.15, -0.1) is 0 Å². The van der Waals surface area contributed by atoms with Crippen molar-refractivity contribution in [1.29, 1.82) is 0 Å². The van der Waals surface area contributed by atoms with Crippen LogP contribution in [0.25, 0.3) is 10.9 Å². The van der Waals surface area contributed by atoms with E-state index in [1.165, 1.54) is 0 Å². The zero-order valence-electron chi connectivity index (χ0n) is 13.8. The Morgan fingerprint density at radius 3 is 2.60 bits per heavy atom. The van der Waals surface area contributed by atoms with Gasteiger partial charge in [0.25, 0.3) is 0 Å². The van der Waals surface area contributed by atoms with Gasteiger partial charge in [-0.25, -0.2) is 4.79 Å². The van der Waals surface area contributed by atoms with Crippen LogP contribution in [0, 0.1) is 6.92 Å². The first-order valence-electron chi connectivity index (χ1n) is 7.74. The van der Waals surface area contributed by atoms with Crippen molar-refractivity contribution in [2.45, 2.75) is 13.3 Å². The number of halogens is 1. The molecule has 1 heterocycles. The smallest absolute Gasteiger partial charge is 0.352 e. The summed E-state index contributed by atoms with van der Waals surface area (Å²) in [4.78, 5) is 28.7. The van der Waals surface area contributed by atoms with Gasteiger partial charge < -0.3 is 15.0 Å². The molecule has 0 atom stereocenters. The Hall–Kier alpha value is -2.79. The van der Waals surface area contributed by atoms with Crippen molar-refractivity contribution in [1.82, 2.24) is 4.98 Å². The number of rotatable bonds is 4. The molecular formula is C19H17ClN2O3. The molecule has 25 heavy (non-hydrogen) atoms. The Morgan fingerprint density at radius 2 is 1.92 bits per heavy atom. The van der Waals surface area contributed by atoms with Crippen molar-refractivity contribution in [2.75, 3.05) is 11.9 Å². The first-order valence-corrected chi connectivity index (χ1v) is 8.12. The van der Waals surface area contributed by atoms with Crippen LogP contribution in [0.4, 0.5) is 5.69 Å². The average molecular weight is 357 g/mol. The van der Waals surface area contributed by atoms with Gasteiger partial charge in [-0.3, -0.25) is 4.79 Å². The number of carbonyl (C=O) groups excluding carboxylic acids is 1. The second kappa shape index (κ2) is 6.61. The maximum atomic E-state index is 12.8. The molecular weight excluding hydrogens is 340 g/mol. The highest BCUT2D eigenvalue weighted by Crippen LogP contribution is 2.27. The number of H-pyrrole nitrogens is 1. The summed E-state index contributed by atoms with van der Waals surface area (Å²) < 4.78 is 0. The molecule has 3 aromatic rings. The number of fused-ring (bicyclic) bond motifs is 1. The topological polar surface area (TPSA) is 73.4 Å². The van der Waals surface area contributed by atoms with Gasteiger partial charge in [0.2, 0.25) is 5.91 Å². The van der Waals surface area contributed by atoms with E-state index in [2.05, 4.69) is 4.98 Å². The van der Waals surface area contributed by atoms with Crippen molar-refractivity contribution in [3.05, 3.63) is 64.3 Å². The number of carboxylic acid groups (broad SMARTS) is 1. The van der Waals surface area contributed by atoms with Crippen molar-refractivity contribution < 1.29 is 14.7 Å². The Balaban J connectivity index is 2.00. The minimum Gasteiger partial charge on any atom is -0.477 e. The highest BCUT2D eigenvalue weighted by atomic mass is 35.5. The van der Waals surface area contributed by atoms with Crippen LogP contribution in [0.3, 0.4) is 0 Å². The Labute approximate surface area is 149 Å². The molecule has 0 spiro atoms. The van der Waals surface area contributed by atoms with Crippen LogP contribution in [-0.2, 0) is 11.2 Å². The molecule has 2 aromatic carbocycles. The maximum Gasteiger partial charge on any atom is 0.352 e. The molecule has 1 aromatic heterocycles. The number of anilines is 1. The van der Waals surface area contributed by atoms with Crippen LogP contribution < -0.4 is 4.90 Å². The van der Waals surface area contributed by atoms with Crippen LogP contribution in [-0.4, -0.2) is 29.0 Å². The van der Waals surface area contributed by atoms with E-state index in [0.29, 0.717) is 21.5 Å². The molecule has 0 fully saturated rings. The van der Waals surface area contributed by atoms with Gasteiger partial charge >= 0.3 is 5.97 Å². The number of hydrogen-bond acceptors (Lipinski definition) is 2. The fourth-order valence-electron chi connectivity index (χ4n) is 2.93. The lowest BCUT2D eigenvalue weighted by atomic mass is 10.1. The van der Waals surface area contributed by atoms with E-state index < -0.39 is 5.97 Å². The second-order valence-corrected chi connectivity index (χ2v) is 6.33. The molecule has 6 heteroatoms. The maximum absolute atomic E-state index is 12.8. The minimum atomic E-state index is -1.10. The van der Waals surface area contributed by atoms with Crippen LogP contribution in [0.2, 0.25) is 5.02 Å². The molecule has 0 aliphatic heterocycles.